The van der Waals surface area contributed by atoms with Gasteiger partial charge in [0.25, 0.3) is 5.91 Å². The smallest absolute Gasteiger partial charge is 0.407 e. The third-order valence-corrected chi connectivity index (χ3v) is 3.99. The van der Waals surface area contributed by atoms with Gasteiger partial charge in [0.05, 0.1) is 18.4 Å². The van der Waals surface area contributed by atoms with E-state index in [0.29, 0.717) is 19.4 Å². The van der Waals surface area contributed by atoms with Gasteiger partial charge in [-0.2, -0.15) is 0 Å². The fourth-order valence-electron chi connectivity index (χ4n) is 2.37. The normalized spacial score (nSPS) is 15.0. The van der Waals surface area contributed by atoms with Crippen molar-refractivity contribution >= 4 is 12.0 Å². The SMILES string of the molecule is CCCCOc1c(C(=O)NC2(CNC(=O)OC(C)(C)C)CC2)occc1=O. The minimum Gasteiger partial charge on any atom is -0.486 e. The number of nitrogens with one attached hydrogen (secondary N) is 2. The first-order valence-corrected chi connectivity index (χ1v) is 9.20. The third kappa shape index (κ3) is 6.30. The molecule has 1 aliphatic rings. The number of amides is 2. The van der Waals surface area contributed by atoms with Crippen molar-refractivity contribution in [3.63, 3.8) is 0 Å². The molecule has 0 saturated heterocycles. The zero-order valence-electron chi connectivity index (χ0n) is 16.3. The lowest BCUT2D eigenvalue weighted by Crippen LogP contribution is -2.47. The Labute approximate surface area is 158 Å². The Morgan fingerprint density at radius 3 is 2.59 bits per heavy atom. The second kappa shape index (κ2) is 8.45. The molecule has 0 unspecified atom stereocenters. The third-order valence-electron chi connectivity index (χ3n) is 3.99. The molecule has 0 aromatic carbocycles. The first kappa shape index (κ1) is 20.8. The summed E-state index contributed by atoms with van der Waals surface area (Å²) >= 11 is 0. The second-order valence-electron chi connectivity index (χ2n) is 7.74. The summed E-state index contributed by atoms with van der Waals surface area (Å²) in [5, 5.41) is 5.51. The van der Waals surface area contributed by atoms with E-state index in [1.807, 2.05) is 6.92 Å². The van der Waals surface area contributed by atoms with E-state index in [1.54, 1.807) is 20.8 Å². The van der Waals surface area contributed by atoms with Gasteiger partial charge in [-0.15, -0.1) is 0 Å². The molecule has 0 bridgehead atoms. The van der Waals surface area contributed by atoms with Crippen molar-refractivity contribution in [2.45, 2.75) is 64.5 Å². The maximum Gasteiger partial charge on any atom is 0.407 e. The molecule has 0 spiro atoms. The molecule has 2 amide bonds. The van der Waals surface area contributed by atoms with Crippen LogP contribution in [-0.4, -0.2) is 36.3 Å². The second-order valence-corrected chi connectivity index (χ2v) is 7.74. The van der Waals surface area contributed by atoms with Gasteiger partial charge in [0.2, 0.25) is 16.9 Å². The van der Waals surface area contributed by atoms with E-state index in [0.717, 1.165) is 12.8 Å². The van der Waals surface area contributed by atoms with Crippen molar-refractivity contribution in [3.05, 3.63) is 28.3 Å². The average Bonchev–Trinajstić information content (AvgIpc) is 3.33. The van der Waals surface area contributed by atoms with Crippen molar-refractivity contribution in [1.82, 2.24) is 10.6 Å². The van der Waals surface area contributed by atoms with Crippen molar-refractivity contribution in [2.75, 3.05) is 13.2 Å². The van der Waals surface area contributed by atoms with Gasteiger partial charge in [0, 0.05) is 12.6 Å². The maximum absolute atomic E-state index is 12.6. The molecule has 1 fully saturated rings. The van der Waals surface area contributed by atoms with Crippen LogP contribution in [0.4, 0.5) is 4.79 Å². The maximum atomic E-state index is 12.6. The van der Waals surface area contributed by atoms with Crippen LogP contribution in [0.25, 0.3) is 0 Å². The predicted octanol–water partition coefficient (Wildman–Crippen LogP) is 2.61. The van der Waals surface area contributed by atoms with Crippen LogP contribution in [0, 0.1) is 0 Å². The zero-order chi connectivity index (χ0) is 20.1. The van der Waals surface area contributed by atoms with E-state index < -0.39 is 28.6 Å². The Hall–Kier alpha value is -2.51. The number of ether oxygens (including phenoxy) is 2. The lowest BCUT2D eigenvalue weighted by atomic mass is 10.2. The van der Waals surface area contributed by atoms with Crippen LogP contribution in [-0.2, 0) is 4.74 Å². The van der Waals surface area contributed by atoms with Crippen molar-refractivity contribution < 1.29 is 23.5 Å². The quantitative estimate of drug-likeness (QED) is 0.672. The minimum absolute atomic E-state index is 0.0839. The Morgan fingerprint density at radius 2 is 2.00 bits per heavy atom. The van der Waals surface area contributed by atoms with Crippen LogP contribution in [0.5, 0.6) is 5.75 Å². The molecule has 8 nitrogen and oxygen atoms in total. The summed E-state index contributed by atoms with van der Waals surface area (Å²) in [7, 11) is 0. The van der Waals surface area contributed by atoms with Gasteiger partial charge < -0.3 is 24.5 Å². The number of rotatable bonds is 8. The lowest BCUT2D eigenvalue weighted by molar-refractivity contribution is 0.0517. The predicted molar refractivity (Wildman–Crippen MR) is 99.0 cm³/mol. The molecule has 27 heavy (non-hydrogen) atoms. The summed E-state index contributed by atoms with van der Waals surface area (Å²) in [4.78, 5) is 36.4. The molecular weight excluding hydrogens is 352 g/mol. The molecular formula is C19H28N2O6. The van der Waals surface area contributed by atoms with Crippen LogP contribution in [0.1, 0.15) is 63.9 Å². The van der Waals surface area contributed by atoms with E-state index in [1.165, 1.54) is 12.3 Å². The topological polar surface area (TPSA) is 107 Å². The molecule has 0 aliphatic heterocycles. The molecule has 2 rings (SSSR count). The lowest BCUT2D eigenvalue weighted by Gasteiger charge is -2.22. The van der Waals surface area contributed by atoms with Gasteiger partial charge in [-0.1, -0.05) is 13.3 Å². The highest BCUT2D eigenvalue weighted by Gasteiger charge is 2.45. The Morgan fingerprint density at radius 1 is 1.30 bits per heavy atom. The first-order valence-electron chi connectivity index (χ1n) is 9.20. The van der Waals surface area contributed by atoms with Gasteiger partial charge in [-0.3, -0.25) is 9.59 Å². The van der Waals surface area contributed by atoms with E-state index in [-0.39, 0.29) is 18.1 Å². The number of alkyl carbamates (subject to hydrolysis) is 1. The van der Waals surface area contributed by atoms with Crippen molar-refractivity contribution in [3.8, 4) is 5.75 Å². The molecule has 0 atom stereocenters. The highest BCUT2D eigenvalue weighted by Crippen LogP contribution is 2.35. The Kier molecular flexibility index (Phi) is 6.51. The molecule has 1 aromatic heterocycles. The van der Waals surface area contributed by atoms with E-state index >= 15 is 0 Å². The van der Waals surface area contributed by atoms with Crippen LogP contribution in [0.2, 0.25) is 0 Å². The summed E-state index contributed by atoms with van der Waals surface area (Å²) < 4.78 is 15.9. The number of carbonyl (C=O) groups is 2. The summed E-state index contributed by atoms with van der Waals surface area (Å²) in [6.07, 6.45) is 3.70. The van der Waals surface area contributed by atoms with Gasteiger partial charge in [0.15, 0.2) is 0 Å². The van der Waals surface area contributed by atoms with Crippen molar-refractivity contribution in [1.29, 1.82) is 0 Å². The monoisotopic (exact) mass is 380 g/mol. The van der Waals surface area contributed by atoms with E-state index in [4.69, 9.17) is 13.9 Å². The summed E-state index contributed by atoms with van der Waals surface area (Å²) in [5.74, 6) is -0.774. The fraction of sp³-hybridized carbons (Fsp3) is 0.632. The highest BCUT2D eigenvalue weighted by molar-refractivity contribution is 5.94. The van der Waals surface area contributed by atoms with Gasteiger partial charge >= 0.3 is 6.09 Å². The highest BCUT2D eigenvalue weighted by atomic mass is 16.6. The molecule has 1 aliphatic carbocycles. The number of carbonyl (C=O) groups excluding carboxylic acids is 2. The average molecular weight is 380 g/mol. The van der Waals surface area contributed by atoms with Crippen LogP contribution in [0.15, 0.2) is 21.5 Å². The molecule has 1 saturated carbocycles. The Bertz CT molecular complexity index is 730. The summed E-state index contributed by atoms with van der Waals surface area (Å²) in [6, 6.07) is 1.22. The zero-order valence-corrected chi connectivity index (χ0v) is 16.3. The van der Waals surface area contributed by atoms with Crippen molar-refractivity contribution in [2.24, 2.45) is 0 Å². The Balaban J connectivity index is 1.99. The van der Waals surface area contributed by atoms with Crippen LogP contribution >= 0.6 is 0 Å². The molecule has 1 heterocycles. The van der Waals surface area contributed by atoms with Gasteiger partial charge in [0.1, 0.15) is 5.60 Å². The standard InChI is InChI=1S/C19H28N2O6/c1-5-6-10-25-14-13(22)7-11-26-15(14)16(23)21-19(8-9-19)12-20-17(24)27-18(2,3)4/h7,11H,5-6,8-10,12H2,1-4H3,(H,20,24)(H,21,23). The van der Waals surface area contributed by atoms with Crippen LogP contribution in [0.3, 0.4) is 0 Å². The number of hydrogen-bond donors (Lipinski definition) is 2. The van der Waals surface area contributed by atoms with E-state index in [2.05, 4.69) is 10.6 Å². The van der Waals surface area contributed by atoms with E-state index in [9.17, 15) is 14.4 Å². The minimum atomic E-state index is -0.595. The molecule has 2 N–H and O–H groups in total. The number of unbranched alkanes of at least 4 members (excludes halogenated alkanes) is 1. The number of hydrogen-bond acceptors (Lipinski definition) is 6. The fourth-order valence-corrected chi connectivity index (χ4v) is 2.37. The molecule has 0 radical (unpaired) electrons. The summed E-state index contributed by atoms with van der Waals surface area (Å²) in [5.41, 5.74) is -1.56. The summed E-state index contributed by atoms with van der Waals surface area (Å²) in [6.45, 7) is 7.89. The van der Waals surface area contributed by atoms with Gasteiger partial charge in [-0.05, 0) is 40.0 Å². The largest absolute Gasteiger partial charge is 0.486 e. The van der Waals surface area contributed by atoms with Gasteiger partial charge in [-0.25, -0.2) is 4.79 Å². The van der Waals surface area contributed by atoms with Crippen LogP contribution < -0.4 is 20.8 Å². The molecule has 150 valence electrons. The molecule has 8 heteroatoms. The molecule has 1 aromatic rings. The first-order chi connectivity index (χ1) is 12.7.